The number of carbonyl (C=O) groups excluding carboxylic acids is 1. The maximum atomic E-state index is 11.6. The van der Waals surface area contributed by atoms with E-state index in [1.807, 2.05) is 35.6 Å². The molecular formula is C20H28N4O2S. The molecule has 2 aromatic rings. The molecule has 2 N–H and O–H groups in total. The molecular weight excluding hydrogens is 360 g/mol. The second-order valence-corrected chi connectivity index (χ2v) is 7.48. The number of hydrogen-bond acceptors (Lipinski definition) is 4. The first-order valence-corrected chi connectivity index (χ1v) is 9.77. The lowest BCUT2D eigenvalue weighted by Crippen LogP contribution is -2.36. The van der Waals surface area contributed by atoms with Crippen LogP contribution in [0.25, 0.3) is 0 Å². The van der Waals surface area contributed by atoms with Gasteiger partial charge in [0.15, 0.2) is 12.6 Å². The third-order valence-electron chi connectivity index (χ3n) is 3.94. The fraction of sp³-hybridized carbons (Fsp3) is 0.400. The molecule has 27 heavy (non-hydrogen) atoms. The van der Waals surface area contributed by atoms with Gasteiger partial charge in [0.1, 0.15) is 5.75 Å². The van der Waals surface area contributed by atoms with Crippen molar-refractivity contribution in [3.05, 3.63) is 51.7 Å². The van der Waals surface area contributed by atoms with Crippen LogP contribution in [-0.4, -0.2) is 44.5 Å². The summed E-state index contributed by atoms with van der Waals surface area (Å²) in [6.07, 6.45) is 1.07. The summed E-state index contributed by atoms with van der Waals surface area (Å²) in [5.41, 5.74) is 1.05. The van der Waals surface area contributed by atoms with Gasteiger partial charge in [-0.05, 0) is 36.2 Å². The van der Waals surface area contributed by atoms with Crippen LogP contribution in [0, 0.1) is 0 Å². The largest absolute Gasteiger partial charge is 0.484 e. The van der Waals surface area contributed by atoms with Crippen LogP contribution in [0.1, 0.15) is 22.2 Å². The number of amides is 1. The van der Waals surface area contributed by atoms with E-state index in [2.05, 4.69) is 34.7 Å². The molecule has 0 aliphatic rings. The van der Waals surface area contributed by atoms with Crippen molar-refractivity contribution in [1.82, 2.24) is 15.5 Å². The van der Waals surface area contributed by atoms with Gasteiger partial charge in [0.05, 0.1) is 6.54 Å². The van der Waals surface area contributed by atoms with E-state index in [0.717, 1.165) is 24.5 Å². The smallest absolute Gasteiger partial charge is 0.259 e. The lowest BCUT2D eigenvalue weighted by Gasteiger charge is -2.13. The zero-order chi connectivity index (χ0) is 19.6. The number of thiophene rings is 1. The Kier molecular flexibility index (Phi) is 8.13. The maximum absolute atomic E-state index is 11.6. The van der Waals surface area contributed by atoms with Crippen molar-refractivity contribution in [2.24, 2.45) is 4.99 Å². The molecule has 1 aromatic heterocycles. The molecule has 0 fully saturated rings. The summed E-state index contributed by atoms with van der Waals surface area (Å²) in [7, 11) is 5.18. The molecule has 0 unspecified atom stereocenters. The number of ether oxygens (including phenoxy) is 1. The first kappa shape index (κ1) is 20.8. The third kappa shape index (κ3) is 6.94. The quantitative estimate of drug-likeness (QED) is 0.539. The standard InChI is InChI=1S/C20H28N4O2S/c1-5-17-9-10-18(27-17)13-23-20(21-2)22-12-15-7-6-8-16(11-15)26-14-19(25)24(3)4/h6-11H,5,12-14H2,1-4H3,(H2,21,22,23). The SMILES string of the molecule is CCc1ccc(CNC(=NC)NCc2cccc(OCC(=O)N(C)C)c2)s1. The Morgan fingerprint density at radius 1 is 1.15 bits per heavy atom. The van der Waals surface area contributed by atoms with Crippen LogP contribution in [0.15, 0.2) is 41.4 Å². The van der Waals surface area contributed by atoms with Gasteiger partial charge in [0, 0.05) is 37.4 Å². The van der Waals surface area contributed by atoms with Crippen molar-refractivity contribution in [2.45, 2.75) is 26.4 Å². The summed E-state index contributed by atoms with van der Waals surface area (Å²) in [4.78, 5) is 20.1. The first-order chi connectivity index (χ1) is 13.0. The van der Waals surface area contributed by atoms with Crippen molar-refractivity contribution in [3.63, 3.8) is 0 Å². The van der Waals surface area contributed by atoms with Gasteiger partial charge >= 0.3 is 0 Å². The molecule has 0 saturated carbocycles. The van der Waals surface area contributed by atoms with Crippen molar-refractivity contribution in [1.29, 1.82) is 0 Å². The number of carbonyl (C=O) groups is 1. The predicted octanol–water partition coefficient (Wildman–Crippen LogP) is 2.64. The van der Waals surface area contributed by atoms with Gasteiger partial charge < -0.3 is 20.3 Å². The number of aryl methyl sites for hydroxylation is 1. The molecule has 1 heterocycles. The number of aliphatic imine (C=N–C) groups is 1. The number of benzene rings is 1. The minimum atomic E-state index is -0.0667. The number of nitrogens with one attached hydrogen (secondary N) is 2. The zero-order valence-electron chi connectivity index (χ0n) is 16.4. The van der Waals surface area contributed by atoms with E-state index in [9.17, 15) is 4.79 Å². The average Bonchev–Trinajstić information content (AvgIpc) is 3.14. The summed E-state index contributed by atoms with van der Waals surface area (Å²) in [5, 5.41) is 6.63. The van der Waals surface area contributed by atoms with Gasteiger partial charge in [-0.15, -0.1) is 11.3 Å². The topological polar surface area (TPSA) is 66.0 Å². The average molecular weight is 389 g/mol. The van der Waals surface area contributed by atoms with Crippen LogP contribution in [0.3, 0.4) is 0 Å². The number of likely N-dealkylation sites (N-methyl/N-ethyl adjacent to an activating group) is 1. The Balaban J connectivity index is 1.83. The number of rotatable bonds is 8. The molecule has 0 radical (unpaired) electrons. The highest BCUT2D eigenvalue weighted by atomic mass is 32.1. The van der Waals surface area contributed by atoms with Crippen molar-refractivity contribution in [2.75, 3.05) is 27.7 Å². The summed E-state index contributed by atoms with van der Waals surface area (Å²) >= 11 is 1.82. The lowest BCUT2D eigenvalue weighted by atomic mass is 10.2. The van der Waals surface area contributed by atoms with E-state index in [0.29, 0.717) is 12.3 Å². The van der Waals surface area contributed by atoms with Crippen LogP contribution >= 0.6 is 11.3 Å². The Hall–Kier alpha value is -2.54. The molecule has 0 aliphatic carbocycles. The molecule has 7 heteroatoms. The van der Waals surface area contributed by atoms with Crippen LogP contribution in [0.2, 0.25) is 0 Å². The predicted molar refractivity (Wildman–Crippen MR) is 111 cm³/mol. The van der Waals surface area contributed by atoms with Crippen molar-refractivity contribution >= 4 is 23.2 Å². The van der Waals surface area contributed by atoms with Gasteiger partial charge in [-0.3, -0.25) is 9.79 Å². The Labute approximate surface area is 165 Å². The molecule has 1 amide bonds. The monoisotopic (exact) mass is 388 g/mol. The Bertz CT molecular complexity index is 771. The molecule has 0 saturated heterocycles. The summed E-state index contributed by atoms with van der Waals surface area (Å²) in [5.74, 6) is 1.36. The first-order valence-electron chi connectivity index (χ1n) is 8.95. The minimum Gasteiger partial charge on any atom is -0.484 e. The highest BCUT2D eigenvalue weighted by Gasteiger charge is 2.06. The fourth-order valence-electron chi connectivity index (χ4n) is 2.30. The number of guanidine groups is 1. The Morgan fingerprint density at radius 2 is 1.89 bits per heavy atom. The van der Waals surface area contributed by atoms with E-state index in [-0.39, 0.29) is 12.5 Å². The van der Waals surface area contributed by atoms with Crippen LogP contribution < -0.4 is 15.4 Å². The van der Waals surface area contributed by atoms with Gasteiger partial charge in [0.25, 0.3) is 5.91 Å². The molecule has 146 valence electrons. The number of hydrogen-bond donors (Lipinski definition) is 2. The third-order valence-corrected chi connectivity index (χ3v) is 5.17. The maximum Gasteiger partial charge on any atom is 0.259 e. The van der Waals surface area contributed by atoms with E-state index in [4.69, 9.17) is 4.74 Å². The Morgan fingerprint density at radius 3 is 2.56 bits per heavy atom. The van der Waals surface area contributed by atoms with E-state index in [1.54, 1.807) is 21.1 Å². The minimum absolute atomic E-state index is 0.0354. The van der Waals surface area contributed by atoms with Crippen molar-refractivity contribution < 1.29 is 9.53 Å². The molecule has 0 aliphatic heterocycles. The second-order valence-electron chi connectivity index (χ2n) is 6.23. The summed E-state index contributed by atoms with van der Waals surface area (Å²) in [6.45, 7) is 3.56. The lowest BCUT2D eigenvalue weighted by molar-refractivity contribution is -0.130. The van der Waals surface area contributed by atoms with Crippen molar-refractivity contribution in [3.8, 4) is 5.75 Å². The number of nitrogens with zero attached hydrogens (tertiary/aromatic N) is 2. The van der Waals surface area contributed by atoms with Crippen LogP contribution in [-0.2, 0) is 24.3 Å². The van der Waals surface area contributed by atoms with Crippen LogP contribution in [0.5, 0.6) is 5.75 Å². The van der Waals surface area contributed by atoms with Gasteiger partial charge in [0.2, 0.25) is 0 Å². The molecule has 0 spiro atoms. The fourth-order valence-corrected chi connectivity index (χ4v) is 3.20. The van der Waals surface area contributed by atoms with E-state index >= 15 is 0 Å². The van der Waals surface area contributed by atoms with Gasteiger partial charge in [-0.1, -0.05) is 19.1 Å². The molecule has 2 rings (SSSR count). The summed E-state index contributed by atoms with van der Waals surface area (Å²) in [6, 6.07) is 12.0. The molecule has 0 atom stereocenters. The highest BCUT2D eigenvalue weighted by molar-refractivity contribution is 7.11. The van der Waals surface area contributed by atoms with E-state index in [1.165, 1.54) is 14.7 Å². The molecule has 6 nitrogen and oxygen atoms in total. The molecule has 0 bridgehead atoms. The molecule has 1 aromatic carbocycles. The highest BCUT2D eigenvalue weighted by Crippen LogP contribution is 2.16. The summed E-state index contributed by atoms with van der Waals surface area (Å²) < 4.78 is 5.56. The zero-order valence-corrected chi connectivity index (χ0v) is 17.2. The van der Waals surface area contributed by atoms with Crippen LogP contribution in [0.4, 0.5) is 0 Å². The van der Waals surface area contributed by atoms with Gasteiger partial charge in [-0.25, -0.2) is 0 Å². The normalized spacial score (nSPS) is 11.2. The van der Waals surface area contributed by atoms with E-state index < -0.39 is 0 Å². The van der Waals surface area contributed by atoms with Gasteiger partial charge in [-0.2, -0.15) is 0 Å². The second kappa shape index (κ2) is 10.6.